The van der Waals surface area contributed by atoms with Gasteiger partial charge in [0, 0.05) is 6.07 Å². The topological polar surface area (TPSA) is 102 Å². The number of amides is 1. The highest BCUT2D eigenvalue weighted by Gasteiger charge is 2.15. The summed E-state index contributed by atoms with van der Waals surface area (Å²) in [6.07, 6.45) is 1.42. The van der Waals surface area contributed by atoms with Gasteiger partial charge in [-0.1, -0.05) is 0 Å². The normalized spacial score (nSPS) is 10.0. The number of benzene rings is 1. The third-order valence-corrected chi connectivity index (χ3v) is 2.56. The number of carbonyl (C=O) groups excluding carboxylic acids is 1. The Balaban J connectivity index is 2.26. The van der Waals surface area contributed by atoms with E-state index in [1.807, 2.05) is 0 Å². The van der Waals surface area contributed by atoms with Crippen molar-refractivity contribution in [3.63, 3.8) is 0 Å². The fourth-order valence-corrected chi connectivity index (χ4v) is 1.56. The summed E-state index contributed by atoms with van der Waals surface area (Å²) in [5.74, 6) is 1.02. The Bertz CT molecular complexity index is 594. The summed E-state index contributed by atoms with van der Waals surface area (Å²) in [4.78, 5) is 12.1. The molecule has 0 aliphatic heterocycles. The zero-order valence-corrected chi connectivity index (χ0v) is 10.6. The maximum Gasteiger partial charge on any atom is 0.260 e. The third-order valence-electron chi connectivity index (χ3n) is 2.56. The van der Waals surface area contributed by atoms with Gasteiger partial charge >= 0.3 is 0 Å². The van der Waals surface area contributed by atoms with Crippen LogP contribution in [0.1, 0.15) is 10.4 Å². The average Bonchev–Trinajstić information content (AvgIpc) is 2.83. The number of hydrogen-bond acceptors (Lipinski definition) is 5. The predicted octanol–water partition coefficient (Wildman–Crippen LogP) is 1.26. The summed E-state index contributed by atoms with van der Waals surface area (Å²) < 4.78 is 10.2. The first-order valence-corrected chi connectivity index (χ1v) is 5.48. The lowest BCUT2D eigenvalue weighted by molar-refractivity contribution is 0.102. The number of H-pyrrole nitrogens is 1. The molecule has 7 heteroatoms. The second-order valence-corrected chi connectivity index (χ2v) is 3.72. The SMILES string of the molecule is COc1ccc(C(=O)Nc2[nH]ncc2N)c(OC)c1. The minimum Gasteiger partial charge on any atom is -0.497 e. The van der Waals surface area contributed by atoms with Crippen molar-refractivity contribution in [1.82, 2.24) is 10.2 Å². The van der Waals surface area contributed by atoms with Gasteiger partial charge in [-0.2, -0.15) is 5.10 Å². The van der Waals surface area contributed by atoms with Gasteiger partial charge in [-0.05, 0) is 12.1 Å². The molecular formula is C12H14N4O3. The monoisotopic (exact) mass is 262 g/mol. The van der Waals surface area contributed by atoms with E-state index in [-0.39, 0.29) is 5.91 Å². The molecule has 2 rings (SSSR count). The van der Waals surface area contributed by atoms with Gasteiger partial charge in [0.25, 0.3) is 5.91 Å². The molecule has 0 atom stereocenters. The van der Waals surface area contributed by atoms with Gasteiger partial charge < -0.3 is 20.5 Å². The Hall–Kier alpha value is -2.70. The molecule has 0 unspecified atom stereocenters. The number of nitrogen functional groups attached to an aromatic ring is 1. The third kappa shape index (κ3) is 2.59. The molecule has 0 aliphatic carbocycles. The fraction of sp³-hybridized carbons (Fsp3) is 0.167. The Kier molecular flexibility index (Phi) is 3.56. The smallest absolute Gasteiger partial charge is 0.260 e. The lowest BCUT2D eigenvalue weighted by Gasteiger charge is -2.10. The molecule has 0 spiro atoms. The standard InChI is InChI=1S/C12H14N4O3/c1-18-7-3-4-8(10(5-7)19-2)12(17)15-11-9(13)6-14-16-11/h3-6H,13H2,1-2H3,(H2,14,15,16,17). The molecule has 2 aromatic rings. The van der Waals surface area contributed by atoms with Crippen LogP contribution >= 0.6 is 0 Å². The molecule has 0 radical (unpaired) electrons. The Labute approximate surface area is 109 Å². The van der Waals surface area contributed by atoms with E-state index in [1.54, 1.807) is 25.3 Å². The summed E-state index contributed by atoms with van der Waals surface area (Å²) in [5, 5.41) is 8.93. The van der Waals surface area contributed by atoms with Gasteiger partial charge in [0.2, 0.25) is 0 Å². The van der Waals surface area contributed by atoms with E-state index in [0.29, 0.717) is 28.6 Å². The number of carbonyl (C=O) groups is 1. The highest BCUT2D eigenvalue weighted by molar-refractivity contribution is 6.06. The minimum atomic E-state index is -0.351. The van der Waals surface area contributed by atoms with E-state index < -0.39 is 0 Å². The number of nitrogens with one attached hydrogen (secondary N) is 2. The van der Waals surface area contributed by atoms with Crippen LogP contribution in [0.3, 0.4) is 0 Å². The van der Waals surface area contributed by atoms with Gasteiger partial charge in [-0.15, -0.1) is 0 Å². The molecule has 0 fully saturated rings. The number of hydrogen-bond donors (Lipinski definition) is 3. The molecule has 4 N–H and O–H groups in total. The summed E-state index contributed by atoms with van der Waals surface area (Å²) >= 11 is 0. The second-order valence-electron chi connectivity index (χ2n) is 3.72. The zero-order valence-electron chi connectivity index (χ0n) is 10.6. The van der Waals surface area contributed by atoms with Crippen molar-refractivity contribution < 1.29 is 14.3 Å². The molecule has 19 heavy (non-hydrogen) atoms. The summed E-state index contributed by atoms with van der Waals surface area (Å²) in [7, 11) is 3.02. The predicted molar refractivity (Wildman–Crippen MR) is 70.5 cm³/mol. The van der Waals surface area contributed by atoms with Crippen LogP contribution in [0.15, 0.2) is 24.4 Å². The van der Waals surface area contributed by atoms with Crippen LogP contribution in [-0.2, 0) is 0 Å². The number of nitrogens with zero attached hydrogens (tertiary/aromatic N) is 1. The van der Waals surface area contributed by atoms with E-state index in [0.717, 1.165) is 0 Å². The van der Waals surface area contributed by atoms with Gasteiger partial charge in [-0.25, -0.2) is 0 Å². The molecule has 1 amide bonds. The molecule has 100 valence electrons. The van der Waals surface area contributed by atoms with Crippen LogP contribution in [0.25, 0.3) is 0 Å². The van der Waals surface area contributed by atoms with Crippen LogP contribution in [0, 0.1) is 0 Å². The van der Waals surface area contributed by atoms with E-state index >= 15 is 0 Å². The summed E-state index contributed by atoms with van der Waals surface area (Å²) in [6, 6.07) is 4.92. The van der Waals surface area contributed by atoms with E-state index in [9.17, 15) is 4.79 Å². The Morgan fingerprint density at radius 3 is 2.74 bits per heavy atom. The second kappa shape index (κ2) is 5.30. The number of methoxy groups -OCH3 is 2. The highest BCUT2D eigenvalue weighted by Crippen LogP contribution is 2.25. The summed E-state index contributed by atoms with van der Waals surface area (Å²) in [5.41, 5.74) is 6.36. The molecule has 0 saturated carbocycles. The van der Waals surface area contributed by atoms with Crippen molar-refractivity contribution in [2.24, 2.45) is 0 Å². The van der Waals surface area contributed by atoms with Crippen molar-refractivity contribution in [1.29, 1.82) is 0 Å². The van der Waals surface area contributed by atoms with Crippen LogP contribution in [-0.4, -0.2) is 30.3 Å². The van der Waals surface area contributed by atoms with E-state index in [4.69, 9.17) is 15.2 Å². The van der Waals surface area contributed by atoms with Crippen molar-refractivity contribution in [2.75, 3.05) is 25.3 Å². The Morgan fingerprint density at radius 1 is 1.37 bits per heavy atom. The quantitative estimate of drug-likeness (QED) is 0.769. The first kappa shape index (κ1) is 12.7. The van der Waals surface area contributed by atoms with Crippen LogP contribution in [0.4, 0.5) is 11.5 Å². The van der Waals surface area contributed by atoms with E-state index in [2.05, 4.69) is 15.5 Å². The molecule has 0 saturated heterocycles. The first-order valence-electron chi connectivity index (χ1n) is 5.48. The first-order chi connectivity index (χ1) is 9.15. The maximum atomic E-state index is 12.1. The van der Waals surface area contributed by atoms with Gasteiger partial charge in [-0.3, -0.25) is 9.89 Å². The molecule has 0 aliphatic rings. The van der Waals surface area contributed by atoms with Crippen molar-refractivity contribution in [3.05, 3.63) is 30.0 Å². The van der Waals surface area contributed by atoms with Crippen LogP contribution in [0.2, 0.25) is 0 Å². The number of anilines is 2. The molecule has 0 bridgehead atoms. The summed E-state index contributed by atoms with van der Waals surface area (Å²) in [6.45, 7) is 0. The molecule has 1 aromatic carbocycles. The van der Waals surface area contributed by atoms with Gasteiger partial charge in [0.05, 0.1) is 31.7 Å². The minimum absolute atomic E-state index is 0.350. The van der Waals surface area contributed by atoms with Gasteiger partial charge in [0.1, 0.15) is 11.5 Å². The number of nitrogens with two attached hydrogens (primary N) is 1. The Morgan fingerprint density at radius 2 is 2.16 bits per heavy atom. The number of aromatic nitrogens is 2. The number of ether oxygens (including phenoxy) is 2. The van der Waals surface area contributed by atoms with Crippen molar-refractivity contribution in [2.45, 2.75) is 0 Å². The number of aromatic amines is 1. The largest absolute Gasteiger partial charge is 0.497 e. The fourth-order valence-electron chi connectivity index (χ4n) is 1.56. The van der Waals surface area contributed by atoms with Crippen molar-refractivity contribution in [3.8, 4) is 11.5 Å². The molecular weight excluding hydrogens is 248 g/mol. The van der Waals surface area contributed by atoms with Crippen molar-refractivity contribution >= 4 is 17.4 Å². The lowest BCUT2D eigenvalue weighted by atomic mass is 10.1. The maximum absolute atomic E-state index is 12.1. The molecule has 1 aromatic heterocycles. The van der Waals surface area contributed by atoms with Gasteiger partial charge in [0.15, 0.2) is 5.82 Å². The van der Waals surface area contributed by atoms with E-state index in [1.165, 1.54) is 13.3 Å². The zero-order chi connectivity index (χ0) is 13.8. The lowest BCUT2D eigenvalue weighted by Crippen LogP contribution is -2.14. The van der Waals surface area contributed by atoms with Crippen LogP contribution in [0.5, 0.6) is 11.5 Å². The number of rotatable bonds is 4. The highest BCUT2D eigenvalue weighted by atomic mass is 16.5. The molecule has 7 nitrogen and oxygen atoms in total. The van der Waals surface area contributed by atoms with Crippen LogP contribution < -0.4 is 20.5 Å². The molecule has 1 heterocycles. The average molecular weight is 262 g/mol.